The summed E-state index contributed by atoms with van der Waals surface area (Å²) < 4.78 is 28.1. The molecule has 0 aliphatic heterocycles. The normalized spacial score (nSPS) is 11.8. The lowest BCUT2D eigenvalue weighted by atomic mass is 10.2. The Kier molecular flexibility index (Phi) is 5.13. The Morgan fingerprint density at radius 2 is 1.83 bits per heavy atom. The Hall–Kier alpha value is -1.11. The molecule has 0 saturated carbocycles. The molecule has 0 bridgehead atoms. The van der Waals surface area contributed by atoms with Gasteiger partial charge in [-0.25, -0.2) is 0 Å². The van der Waals surface area contributed by atoms with Gasteiger partial charge in [0.25, 0.3) is 0 Å². The summed E-state index contributed by atoms with van der Waals surface area (Å²) in [4.78, 5) is 0. The van der Waals surface area contributed by atoms with E-state index in [4.69, 9.17) is 5.73 Å². The Bertz CT molecular complexity index is 469. The first kappa shape index (κ1) is 14.9. The second kappa shape index (κ2) is 6.17. The van der Waals surface area contributed by atoms with E-state index in [1.807, 2.05) is 12.1 Å². The summed E-state index contributed by atoms with van der Waals surface area (Å²) in [5, 5.41) is 0. The molecular formula is C12H21N3O2S. The summed E-state index contributed by atoms with van der Waals surface area (Å²) in [6.07, 6.45) is 0. The molecule has 1 rings (SSSR count). The average molecular weight is 271 g/mol. The highest BCUT2D eigenvalue weighted by Crippen LogP contribution is 2.18. The van der Waals surface area contributed by atoms with Crippen molar-refractivity contribution in [1.82, 2.24) is 4.72 Å². The van der Waals surface area contributed by atoms with E-state index in [9.17, 15) is 8.42 Å². The number of rotatable bonds is 6. The standard InChI is InChI=1S/C12H21N3O2S/c1-4-15(18(16,17)14-10(2)3)12-7-5-11(9-13)6-8-12/h5-8,10,14H,4,9,13H2,1-3H3. The Labute approximate surface area is 109 Å². The predicted octanol–water partition coefficient (Wildman–Crippen LogP) is 1.21. The van der Waals surface area contributed by atoms with Gasteiger partial charge in [0.1, 0.15) is 0 Å². The van der Waals surface area contributed by atoms with Crippen molar-refractivity contribution in [3.63, 3.8) is 0 Å². The van der Waals surface area contributed by atoms with Crippen LogP contribution in [0.25, 0.3) is 0 Å². The quantitative estimate of drug-likeness (QED) is 0.816. The zero-order valence-electron chi connectivity index (χ0n) is 11.1. The van der Waals surface area contributed by atoms with Crippen LogP contribution in [0.5, 0.6) is 0 Å². The first-order valence-corrected chi connectivity index (χ1v) is 7.43. The summed E-state index contributed by atoms with van der Waals surface area (Å²) in [5.74, 6) is 0. The van der Waals surface area contributed by atoms with Crippen LogP contribution in [0, 0.1) is 0 Å². The monoisotopic (exact) mass is 271 g/mol. The summed E-state index contributed by atoms with van der Waals surface area (Å²) in [6.45, 7) is 6.22. The molecule has 0 spiro atoms. The van der Waals surface area contributed by atoms with Gasteiger partial charge in [-0.2, -0.15) is 13.1 Å². The van der Waals surface area contributed by atoms with Crippen molar-refractivity contribution in [3.8, 4) is 0 Å². The molecule has 0 fully saturated rings. The fourth-order valence-corrected chi connectivity index (χ4v) is 3.11. The van der Waals surface area contributed by atoms with Crippen LogP contribution in [0.2, 0.25) is 0 Å². The predicted molar refractivity (Wildman–Crippen MR) is 74.5 cm³/mol. The Morgan fingerprint density at radius 1 is 1.28 bits per heavy atom. The molecule has 0 radical (unpaired) electrons. The van der Waals surface area contributed by atoms with Crippen LogP contribution in [0.1, 0.15) is 26.3 Å². The van der Waals surface area contributed by atoms with Crippen molar-refractivity contribution in [2.75, 3.05) is 10.8 Å². The minimum Gasteiger partial charge on any atom is -0.326 e. The maximum Gasteiger partial charge on any atom is 0.301 e. The average Bonchev–Trinajstić information content (AvgIpc) is 2.28. The van der Waals surface area contributed by atoms with E-state index in [0.717, 1.165) is 5.56 Å². The largest absolute Gasteiger partial charge is 0.326 e. The highest BCUT2D eigenvalue weighted by Gasteiger charge is 2.21. The second-order valence-electron chi connectivity index (χ2n) is 4.31. The van der Waals surface area contributed by atoms with Crippen LogP contribution in [-0.2, 0) is 16.8 Å². The number of hydrogen-bond acceptors (Lipinski definition) is 3. The molecule has 1 aromatic carbocycles. The number of hydrogen-bond donors (Lipinski definition) is 2. The smallest absolute Gasteiger partial charge is 0.301 e. The molecule has 0 saturated heterocycles. The fraction of sp³-hybridized carbons (Fsp3) is 0.500. The SMILES string of the molecule is CCN(c1ccc(CN)cc1)S(=O)(=O)NC(C)C. The fourth-order valence-electron chi connectivity index (χ4n) is 1.65. The lowest BCUT2D eigenvalue weighted by Crippen LogP contribution is -2.43. The molecule has 102 valence electrons. The second-order valence-corrected chi connectivity index (χ2v) is 5.94. The molecular weight excluding hydrogens is 250 g/mol. The first-order valence-electron chi connectivity index (χ1n) is 5.99. The molecule has 0 aliphatic carbocycles. The van der Waals surface area contributed by atoms with Crippen LogP contribution in [0.15, 0.2) is 24.3 Å². The van der Waals surface area contributed by atoms with Gasteiger partial charge in [0.2, 0.25) is 0 Å². The number of nitrogens with zero attached hydrogens (tertiary/aromatic N) is 1. The molecule has 0 aromatic heterocycles. The van der Waals surface area contributed by atoms with Crippen molar-refractivity contribution in [3.05, 3.63) is 29.8 Å². The summed E-state index contributed by atoms with van der Waals surface area (Å²) >= 11 is 0. The van der Waals surface area contributed by atoms with E-state index in [-0.39, 0.29) is 6.04 Å². The Morgan fingerprint density at radius 3 is 2.22 bits per heavy atom. The zero-order valence-corrected chi connectivity index (χ0v) is 11.9. The van der Waals surface area contributed by atoms with Crippen LogP contribution >= 0.6 is 0 Å². The van der Waals surface area contributed by atoms with Gasteiger partial charge in [0, 0.05) is 19.1 Å². The maximum absolute atomic E-state index is 12.1. The van der Waals surface area contributed by atoms with E-state index >= 15 is 0 Å². The van der Waals surface area contributed by atoms with Crippen LogP contribution in [0.4, 0.5) is 5.69 Å². The molecule has 1 aromatic rings. The highest BCUT2D eigenvalue weighted by molar-refractivity contribution is 7.90. The van der Waals surface area contributed by atoms with Gasteiger partial charge in [-0.3, -0.25) is 4.31 Å². The lowest BCUT2D eigenvalue weighted by molar-refractivity contribution is 0.565. The van der Waals surface area contributed by atoms with Gasteiger partial charge in [-0.15, -0.1) is 0 Å². The summed E-state index contributed by atoms with van der Waals surface area (Å²) in [7, 11) is -3.49. The molecule has 5 nitrogen and oxygen atoms in total. The number of nitrogens with two attached hydrogens (primary N) is 1. The lowest BCUT2D eigenvalue weighted by Gasteiger charge is -2.24. The summed E-state index contributed by atoms with van der Waals surface area (Å²) in [5.41, 5.74) is 7.13. The molecule has 3 N–H and O–H groups in total. The van der Waals surface area contributed by atoms with E-state index < -0.39 is 10.2 Å². The summed E-state index contributed by atoms with van der Waals surface area (Å²) in [6, 6.07) is 7.08. The van der Waals surface area contributed by atoms with Gasteiger partial charge in [-0.1, -0.05) is 12.1 Å². The minimum atomic E-state index is -3.49. The van der Waals surface area contributed by atoms with E-state index in [1.165, 1.54) is 4.31 Å². The number of anilines is 1. The molecule has 0 amide bonds. The third kappa shape index (κ3) is 3.69. The van der Waals surface area contributed by atoms with Crippen molar-refractivity contribution in [2.24, 2.45) is 5.73 Å². The number of nitrogens with one attached hydrogen (secondary N) is 1. The van der Waals surface area contributed by atoms with Crippen LogP contribution < -0.4 is 14.8 Å². The van der Waals surface area contributed by atoms with Crippen molar-refractivity contribution in [2.45, 2.75) is 33.4 Å². The molecule has 0 unspecified atom stereocenters. The maximum atomic E-state index is 12.1. The minimum absolute atomic E-state index is 0.132. The molecule has 0 aliphatic rings. The third-order valence-electron chi connectivity index (χ3n) is 2.42. The highest BCUT2D eigenvalue weighted by atomic mass is 32.2. The van der Waals surface area contributed by atoms with Crippen LogP contribution in [0.3, 0.4) is 0 Å². The van der Waals surface area contributed by atoms with Crippen molar-refractivity contribution in [1.29, 1.82) is 0 Å². The third-order valence-corrected chi connectivity index (χ3v) is 4.24. The molecule has 0 heterocycles. The van der Waals surface area contributed by atoms with Gasteiger partial charge >= 0.3 is 10.2 Å². The van der Waals surface area contributed by atoms with Gasteiger partial charge in [0.15, 0.2) is 0 Å². The van der Waals surface area contributed by atoms with Gasteiger partial charge < -0.3 is 5.73 Å². The van der Waals surface area contributed by atoms with Crippen molar-refractivity contribution < 1.29 is 8.42 Å². The molecule has 0 atom stereocenters. The van der Waals surface area contributed by atoms with E-state index in [0.29, 0.717) is 18.8 Å². The number of benzene rings is 1. The van der Waals surface area contributed by atoms with Gasteiger partial charge in [-0.05, 0) is 38.5 Å². The topological polar surface area (TPSA) is 75.4 Å². The van der Waals surface area contributed by atoms with Crippen LogP contribution in [-0.4, -0.2) is 21.0 Å². The van der Waals surface area contributed by atoms with E-state index in [1.54, 1.807) is 32.9 Å². The van der Waals surface area contributed by atoms with Gasteiger partial charge in [0.05, 0.1) is 5.69 Å². The Balaban J connectivity index is 3.01. The molecule has 6 heteroatoms. The first-order chi connectivity index (χ1) is 8.40. The molecule has 18 heavy (non-hydrogen) atoms. The van der Waals surface area contributed by atoms with E-state index in [2.05, 4.69) is 4.72 Å². The zero-order chi connectivity index (χ0) is 13.8. The van der Waals surface area contributed by atoms with Crippen molar-refractivity contribution >= 4 is 15.9 Å².